The minimum atomic E-state index is -3.79. The molecule has 28 heavy (non-hydrogen) atoms. The summed E-state index contributed by atoms with van der Waals surface area (Å²) in [6, 6.07) is 16.1. The first-order chi connectivity index (χ1) is 13.2. The van der Waals surface area contributed by atoms with E-state index in [2.05, 4.69) is 4.72 Å². The summed E-state index contributed by atoms with van der Waals surface area (Å²) in [4.78, 5) is 23.1. The topological polar surface area (TPSA) is 80.3 Å². The highest BCUT2D eigenvalue weighted by Crippen LogP contribution is 2.24. The molecule has 1 N–H and O–H groups in total. The van der Waals surface area contributed by atoms with Crippen LogP contribution in [0, 0.1) is 0 Å². The van der Waals surface area contributed by atoms with Gasteiger partial charge in [0.1, 0.15) is 0 Å². The summed E-state index contributed by atoms with van der Waals surface area (Å²) in [5.41, 5.74) is 0.756. The molecule has 0 atom stereocenters. The van der Waals surface area contributed by atoms with Crippen LogP contribution in [-0.2, 0) is 14.8 Å². The van der Waals surface area contributed by atoms with E-state index in [1.165, 1.54) is 37.3 Å². The Hall–Kier alpha value is -2.35. The highest BCUT2D eigenvalue weighted by Gasteiger charge is 2.15. The zero-order valence-corrected chi connectivity index (χ0v) is 17.2. The quantitative estimate of drug-likeness (QED) is 0.567. The number of carbonyl (C=O) groups is 2. The molecule has 0 spiro atoms. The van der Waals surface area contributed by atoms with Crippen molar-refractivity contribution in [3.8, 4) is 0 Å². The first-order valence-electron chi connectivity index (χ1n) is 8.23. The number of rotatable bonds is 6. The largest absolute Gasteiger partial charge is 0.293 e. The standard InChI is InChI=1S/C20H16ClNO4S2/c1-13(23)27-12-20(24)14-3-7-18(8-4-14)22-28(25,26)19-9-5-15-10-17(21)6-2-16(15)11-19/h2-11,22H,12H2,1H3. The Balaban J connectivity index is 1.77. The van der Waals surface area contributed by atoms with Crippen molar-refractivity contribution in [1.29, 1.82) is 0 Å². The number of hydrogen-bond acceptors (Lipinski definition) is 5. The van der Waals surface area contributed by atoms with Gasteiger partial charge < -0.3 is 0 Å². The Morgan fingerprint density at radius 3 is 2.29 bits per heavy atom. The van der Waals surface area contributed by atoms with E-state index in [0.29, 0.717) is 16.3 Å². The van der Waals surface area contributed by atoms with Crippen molar-refractivity contribution in [2.45, 2.75) is 11.8 Å². The molecule has 0 saturated carbocycles. The molecule has 3 rings (SSSR count). The predicted octanol–water partition coefficient (Wildman–Crippen LogP) is 4.76. The third-order valence-corrected chi connectivity index (χ3v) is 6.38. The van der Waals surface area contributed by atoms with Crippen LogP contribution in [0.25, 0.3) is 10.8 Å². The van der Waals surface area contributed by atoms with Gasteiger partial charge in [0.2, 0.25) is 0 Å². The minimum absolute atomic E-state index is 0.0571. The van der Waals surface area contributed by atoms with Gasteiger partial charge in [0, 0.05) is 23.2 Å². The first-order valence-corrected chi connectivity index (χ1v) is 11.1. The van der Waals surface area contributed by atoms with Gasteiger partial charge in [0.25, 0.3) is 10.0 Å². The fourth-order valence-corrected chi connectivity index (χ4v) is 4.33. The van der Waals surface area contributed by atoms with Crippen molar-refractivity contribution in [3.63, 3.8) is 0 Å². The third-order valence-electron chi connectivity index (χ3n) is 3.95. The van der Waals surface area contributed by atoms with Gasteiger partial charge in [0.15, 0.2) is 10.9 Å². The Labute approximate surface area is 172 Å². The number of nitrogens with one attached hydrogen (secondary N) is 1. The van der Waals surface area contributed by atoms with Crippen LogP contribution >= 0.6 is 23.4 Å². The van der Waals surface area contributed by atoms with Crippen molar-refractivity contribution in [2.24, 2.45) is 0 Å². The van der Waals surface area contributed by atoms with Gasteiger partial charge in [-0.3, -0.25) is 14.3 Å². The number of sulfonamides is 1. The Morgan fingerprint density at radius 1 is 0.964 bits per heavy atom. The molecule has 3 aromatic rings. The third kappa shape index (κ3) is 4.92. The lowest BCUT2D eigenvalue weighted by Gasteiger charge is -2.10. The van der Waals surface area contributed by atoms with Crippen molar-refractivity contribution >= 4 is 60.7 Å². The smallest absolute Gasteiger partial charge is 0.261 e. The summed E-state index contributed by atoms with van der Waals surface area (Å²) in [7, 11) is -3.79. The van der Waals surface area contributed by atoms with Gasteiger partial charge in [-0.05, 0) is 59.3 Å². The minimum Gasteiger partial charge on any atom is -0.293 e. The Morgan fingerprint density at radius 2 is 1.61 bits per heavy atom. The van der Waals surface area contributed by atoms with Crippen molar-refractivity contribution in [3.05, 3.63) is 71.2 Å². The van der Waals surface area contributed by atoms with Crippen molar-refractivity contribution in [1.82, 2.24) is 0 Å². The van der Waals surface area contributed by atoms with Gasteiger partial charge in [0.05, 0.1) is 10.6 Å². The molecule has 0 saturated heterocycles. The first kappa shape index (κ1) is 20.4. The molecular weight excluding hydrogens is 418 g/mol. The molecule has 0 amide bonds. The number of hydrogen-bond donors (Lipinski definition) is 1. The van der Waals surface area contributed by atoms with Gasteiger partial charge >= 0.3 is 0 Å². The average Bonchev–Trinajstić information content (AvgIpc) is 2.65. The van der Waals surface area contributed by atoms with Crippen LogP contribution in [0.5, 0.6) is 0 Å². The second kappa shape index (κ2) is 8.34. The highest BCUT2D eigenvalue weighted by molar-refractivity contribution is 8.14. The monoisotopic (exact) mass is 433 g/mol. The lowest BCUT2D eigenvalue weighted by atomic mass is 10.1. The van der Waals surface area contributed by atoms with E-state index in [4.69, 9.17) is 11.6 Å². The molecule has 0 aliphatic rings. The van der Waals surface area contributed by atoms with Crippen LogP contribution in [0.1, 0.15) is 17.3 Å². The second-order valence-corrected chi connectivity index (χ2v) is 9.31. The molecule has 144 valence electrons. The predicted molar refractivity (Wildman–Crippen MR) is 114 cm³/mol. The molecule has 0 aliphatic carbocycles. The van der Waals surface area contributed by atoms with Crippen molar-refractivity contribution in [2.75, 3.05) is 10.5 Å². The van der Waals surface area contributed by atoms with E-state index in [0.717, 1.165) is 22.5 Å². The zero-order chi connectivity index (χ0) is 20.3. The fraction of sp³-hybridized carbons (Fsp3) is 0.100. The summed E-state index contributed by atoms with van der Waals surface area (Å²) in [5, 5.41) is 2.06. The maximum absolute atomic E-state index is 12.7. The lowest BCUT2D eigenvalue weighted by molar-refractivity contribution is -0.109. The van der Waals surface area contributed by atoms with E-state index in [1.807, 2.05) is 0 Å². The number of halogens is 1. The average molecular weight is 434 g/mol. The van der Waals surface area contributed by atoms with Gasteiger partial charge in [-0.25, -0.2) is 8.42 Å². The van der Waals surface area contributed by atoms with Crippen LogP contribution in [0.15, 0.2) is 65.6 Å². The summed E-state index contributed by atoms with van der Waals surface area (Å²) in [5.74, 6) is -0.135. The number of carbonyl (C=O) groups excluding carboxylic acids is 2. The van der Waals surface area contributed by atoms with Crippen LogP contribution in [-0.4, -0.2) is 25.1 Å². The zero-order valence-electron chi connectivity index (χ0n) is 14.8. The highest BCUT2D eigenvalue weighted by atomic mass is 35.5. The summed E-state index contributed by atoms with van der Waals surface area (Å²) < 4.78 is 27.8. The SMILES string of the molecule is CC(=O)SCC(=O)c1ccc(NS(=O)(=O)c2ccc3cc(Cl)ccc3c2)cc1. The van der Waals surface area contributed by atoms with Crippen LogP contribution in [0.3, 0.4) is 0 Å². The normalized spacial score (nSPS) is 11.4. The number of fused-ring (bicyclic) bond motifs is 1. The van der Waals surface area contributed by atoms with Gasteiger partial charge in [-0.15, -0.1) is 0 Å². The maximum atomic E-state index is 12.7. The molecular formula is C20H16ClNO4S2. The van der Waals surface area contributed by atoms with E-state index in [-0.39, 0.29) is 21.5 Å². The molecule has 3 aromatic carbocycles. The van der Waals surface area contributed by atoms with E-state index >= 15 is 0 Å². The summed E-state index contributed by atoms with van der Waals surface area (Å²) in [6.45, 7) is 1.40. The number of Topliss-reactive ketones (excluding diaryl/α,β-unsaturated/α-hetero) is 1. The van der Waals surface area contributed by atoms with Crippen LogP contribution < -0.4 is 4.72 Å². The molecule has 0 heterocycles. The summed E-state index contributed by atoms with van der Waals surface area (Å²) >= 11 is 6.89. The van der Waals surface area contributed by atoms with Gasteiger partial charge in [-0.1, -0.05) is 35.5 Å². The molecule has 8 heteroatoms. The molecule has 0 bridgehead atoms. The molecule has 0 fully saturated rings. The van der Waals surface area contributed by atoms with Crippen molar-refractivity contribution < 1.29 is 18.0 Å². The fourth-order valence-electron chi connectivity index (χ4n) is 2.55. The molecule has 0 aromatic heterocycles. The second-order valence-electron chi connectivity index (χ2n) is 6.04. The van der Waals surface area contributed by atoms with Crippen LogP contribution in [0.4, 0.5) is 5.69 Å². The maximum Gasteiger partial charge on any atom is 0.261 e. The van der Waals surface area contributed by atoms with Crippen LogP contribution in [0.2, 0.25) is 5.02 Å². The molecule has 0 aliphatic heterocycles. The number of ketones is 1. The Kier molecular flexibility index (Phi) is 6.07. The van der Waals surface area contributed by atoms with E-state index in [9.17, 15) is 18.0 Å². The van der Waals surface area contributed by atoms with Gasteiger partial charge in [-0.2, -0.15) is 0 Å². The Bertz CT molecular complexity index is 1160. The molecule has 5 nitrogen and oxygen atoms in total. The summed E-state index contributed by atoms with van der Waals surface area (Å²) in [6.07, 6.45) is 0. The molecule has 0 unspecified atom stereocenters. The number of benzene rings is 3. The number of anilines is 1. The van der Waals surface area contributed by atoms with E-state index < -0.39 is 10.0 Å². The molecule has 0 radical (unpaired) electrons. The van der Waals surface area contributed by atoms with E-state index in [1.54, 1.807) is 30.3 Å². The number of thioether (sulfide) groups is 1. The lowest BCUT2D eigenvalue weighted by Crippen LogP contribution is -2.13.